The molecule has 2 atom stereocenters. The summed E-state index contributed by atoms with van der Waals surface area (Å²) in [6.07, 6.45) is 1.71. The molecule has 0 aliphatic heterocycles. The fourth-order valence-corrected chi connectivity index (χ4v) is 5.74. The lowest BCUT2D eigenvalue weighted by molar-refractivity contribution is -0.149. The third-order valence-corrected chi connectivity index (χ3v) is 7.83. The molecule has 6 nitrogen and oxygen atoms in total. The van der Waals surface area contributed by atoms with E-state index in [1.54, 1.807) is 24.3 Å². The average molecular weight is 509 g/mol. The third kappa shape index (κ3) is 9.10. The van der Waals surface area contributed by atoms with Gasteiger partial charge in [-0.1, -0.05) is 86.1 Å². The van der Waals surface area contributed by atoms with E-state index >= 15 is 0 Å². The van der Waals surface area contributed by atoms with Crippen LogP contribution < -0.4 is 0 Å². The molecule has 0 radical (unpaired) electrons. The minimum Gasteiger partial charge on any atom is -0.461 e. The van der Waals surface area contributed by atoms with Crippen LogP contribution in [0, 0.1) is 5.92 Å². The van der Waals surface area contributed by atoms with Gasteiger partial charge in [0.2, 0.25) is 7.37 Å². The van der Waals surface area contributed by atoms with Gasteiger partial charge in [0.15, 0.2) is 0 Å². The Hall–Kier alpha value is -3.21. The first-order valence-corrected chi connectivity index (χ1v) is 14.2. The highest BCUT2D eigenvalue weighted by molar-refractivity contribution is 7.58. The van der Waals surface area contributed by atoms with Crippen LogP contribution >= 0.6 is 7.37 Å². The number of unbranched alkanes of at least 4 members (excludes halogenated alkanes) is 1. The van der Waals surface area contributed by atoms with E-state index in [1.165, 1.54) is 0 Å². The molecule has 0 heterocycles. The fourth-order valence-electron chi connectivity index (χ4n) is 3.78. The Labute approximate surface area is 212 Å². The molecule has 190 valence electrons. The first kappa shape index (κ1) is 27.4. The molecule has 0 spiro atoms. The Kier molecular flexibility index (Phi) is 10.5. The molecule has 7 heteroatoms. The summed E-state index contributed by atoms with van der Waals surface area (Å²) in [6, 6.07) is 25.5. The van der Waals surface area contributed by atoms with Gasteiger partial charge in [-0.25, -0.2) is 4.79 Å². The van der Waals surface area contributed by atoms with Gasteiger partial charge >= 0.3 is 11.9 Å². The van der Waals surface area contributed by atoms with E-state index in [1.807, 2.05) is 67.6 Å². The van der Waals surface area contributed by atoms with Crippen LogP contribution in [-0.4, -0.2) is 29.2 Å². The fraction of sp³-hybridized carbons (Fsp3) is 0.310. The van der Waals surface area contributed by atoms with Gasteiger partial charge in [0.05, 0.1) is 11.5 Å². The van der Waals surface area contributed by atoms with Crippen LogP contribution in [0.25, 0.3) is 0 Å². The molecule has 0 bridgehead atoms. The number of carbonyl (C=O) groups excluding carboxylic acids is 2. The van der Waals surface area contributed by atoms with Gasteiger partial charge in [-0.2, -0.15) is 0 Å². The minimum atomic E-state index is -3.49. The summed E-state index contributed by atoms with van der Waals surface area (Å²) in [6.45, 7) is 2.24. The standard InChI is InChI=1S/C29H33O6P/c1-2-3-18-36(32,33)22-27(29(31)35-21-25-12-8-5-9-13-25)19-23-14-16-26(17-15-23)28(30)34-20-24-10-6-4-7-11-24/h4-17,27H,2-3,18-22H2,1H3,(H,32,33). The van der Waals surface area contributed by atoms with Crippen molar-refractivity contribution in [3.63, 3.8) is 0 Å². The number of ether oxygens (including phenoxy) is 2. The Morgan fingerprint density at radius 3 is 1.92 bits per heavy atom. The van der Waals surface area contributed by atoms with E-state index < -0.39 is 25.2 Å². The highest BCUT2D eigenvalue weighted by atomic mass is 31.2. The topological polar surface area (TPSA) is 89.9 Å². The molecule has 3 rings (SSSR count). The lowest BCUT2D eigenvalue weighted by Gasteiger charge is -2.20. The Bertz CT molecular complexity index is 1150. The monoisotopic (exact) mass is 508 g/mol. The molecular weight excluding hydrogens is 475 g/mol. The molecule has 36 heavy (non-hydrogen) atoms. The zero-order valence-corrected chi connectivity index (χ0v) is 21.4. The van der Waals surface area contributed by atoms with Crippen molar-refractivity contribution in [1.82, 2.24) is 0 Å². The van der Waals surface area contributed by atoms with Crippen LogP contribution in [-0.2, 0) is 38.5 Å². The minimum absolute atomic E-state index is 0.104. The largest absolute Gasteiger partial charge is 0.461 e. The summed E-state index contributed by atoms with van der Waals surface area (Å²) < 4.78 is 23.6. The molecule has 3 aromatic rings. The summed E-state index contributed by atoms with van der Waals surface area (Å²) in [5.74, 6) is -1.71. The molecular formula is C29H33O6P. The number of carbonyl (C=O) groups is 2. The van der Waals surface area contributed by atoms with E-state index in [0.29, 0.717) is 12.0 Å². The van der Waals surface area contributed by atoms with Crippen molar-refractivity contribution in [3.05, 3.63) is 107 Å². The predicted molar refractivity (Wildman–Crippen MR) is 140 cm³/mol. The Morgan fingerprint density at radius 2 is 1.36 bits per heavy atom. The van der Waals surface area contributed by atoms with Gasteiger partial charge in [0.1, 0.15) is 13.2 Å². The quantitative estimate of drug-likeness (QED) is 0.224. The van der Waals surface area contributed by atoms with Crippen LogP contribution in [0.3, 0.4) is 0 Å². The van der Waals surface area contributed by atoms with Gasteiger partial charge in [-0.3, -0.25) is 9.36 Å². The maximum Gasteiger partial charge on any atom is 0.338 e. The highest BCUT2D eigenvalue weighted by Gasteiger charge is 2.30. The van der Waals surface area contributed by atoms with Crippen LogP contribution in [0.2, 0.25) is 0 Å². The molecule has 2 unspecified atom stereocenters. The lowest BCUT2D eigenvalue weighted by Crippen LogP contribution is -2.24. The van der Waals surface area contributed by atoms with E-state index in [-0.39, 0.29) is 32.0 Å². The predicted octanol–water partition coefficient (Wildman–Crippen LogP) is 6.02. The van der Waals surface area contributed by atoms with Crippen molar-refractivity contribution in [3.8, 4) is 0 Å². The molecule has 1 N–H and O–H groups in total. The van der Waals surface area contributed by atoms with E-state index in [2.05, 4.69) is 0 Å². The number of hydrogen-bond acceptors (Lipinski definition) is 5. The SMILES string of the molecule is CCCCP(=O)(O)CC(Cc1ccc(C(=O)OCc2ccccc2)cc1)C(=O)OCc1ccccc1. The van der Waals surface area contributed by atoms with Gasteiger partial charge < -0.3 is 14.4 Å². The molecule has 0 amide bonds. The maximum absolute atomic E-state index is 12.9. The van der Waals surface area contributed by atoms with Crippen LogP contribution in [0.4, 0.5) is 0 Å². The zero-order chi connectivity index (χ0) is 25.8. The van der Waals surface area contributed by atoms with Gasteiger partial charge in [0, 0.05) is 12.3 Å². The lowest BCUT2D eigenvalue weighted by atomic mass is 10.00. The summed E-state index contributed by atoms with van der Waals surface area (Å²) in [4.78, 5) is 35.8. The summed E-state index contributed by atoms with van der Waals surface area (Å²) in [5.41, 5.74) is 2.91. The molecule has 0 saturated heterocycles. The number of esters is 2. The number of hydrogen-bond donors (Lipinski definition) is 1. The van der Waals surface area contributed by atoms with Crippen LogP contribution in [0.15, 0.2) is 84.9 Å². The van der Waals surface area contributed by atoms with E-state index in [4.69, 9.17) is 9.47 Å². The normalized spacial score (nSPS) is 13.4. The smallest absolute Gasteiger partial charge is 0.338 e. The molecule has 0 saturated carbocycles. The van der Waals surface area contributed by atoms with Gasteiger partial charge in [-0.05, 0) is 41.7 Å². The van der Waals surface area contributed by atoms with Crippen molar-refractivity contribution in [2.45, 2.75) is 39.4 Å². The van der Waals surface area contributed by atoms with E-state index in [0.717, 1.165) is 23.1 Å². The van der Waals surface area contributed by atoms with Crippen molar-refractivity contribution >= 4 is 19.3 Å². The average Bonchev–Trinajstić information content (AvgIpc) is 2.90. The summed E-state index contributed by atoms with van der Waals surface area (Å²) >= 11 is 0. The molecule has 0 fully saturated rings. The Morgan fingerprint density at radius 1 is 0.806 bits per heavy atom. The van der Waals surface area contributed by atoms with Gasteiger partial charge in [0.25, 0.3) is 0 Å². The first-order valence-electron chi connectivity index (χ1n) is 12.2. The summed E-state index contributed by atoms with van der Waals surface area (Å²) in [5, 5.41) is 0. The second kappa shape index (κ2) is 13.8. The molecule has 0 aliphatic carbocycles. The number of benzene rings is 3. The van der Waals surface area contributed by atoms with Crippen molar-refractivity contribution in [2.75, 3.05) is 12.3 Å². The van der Waals surface area contributed by atoms with Crippen molar-refractivity contribution in [2.24, 2.45) is 5.92 Å². The zero-order valence-electron chi connectivity index (χ0n) is 20.5. The van der Waals surface area contributed by atoms with E-state index in [9.17, 15) is 19.0 Å². The second-order valence-electron chi connectivity index (χ2n) is 8.86. The molecule has 0 aliphatic rings. The third-order valence-electron chi connectivity index (χ3n) is 5.81. The summed E-state index contributed by atoms with van der Waals surface area (Å²) in [7, 11) is -3.49. The maximum atomic E-state index is 12.9. The first-order chi connectivity index (χ1) is 17.4. The molecule has 0 aromatic heterocycles. The van der Waals surface area contributed by atoms with Crippen LogP contribution in [0.1, 0.15) is 46.8 Å². The van der Waals surface area contributed by atoms with Gasteiger partial charge in [-0.15, -0.1) is 0 Å². The number of rotatable bonds is 13. The Balaban J connectivity index is 1.65. The molecule has 3 aromatic carbocycles. The highest BCUT2D eigenvalue weighted by Crippen LogP contribution is 2.44. The second-order valence-corrected chi connectivity index (χ2v) is 11.4. The van der Waals surface area contributed by atoms with Crippen LogP contribution in [0.5, 0.6) is 0 Å². The van der Waals surface area contributed by atoms with Crippen molar-refractivity contribution < 1.29 is 28.5 Å². The van der Waals surface area contributed by atoms with Crippen molar-refractivity contribution in [1.29, 1.82) is 0 Å².